The Morgan fingerprint density at radius 2 is 1.81 bits per heavy atom. The molecule has 1 aliphatic carbocycles. The number of nitrogens with one attached hydrogen (secondary N) is 1. The fourth-order valence-corrected chi connectivity index (χ4v) is 4.49. The van der Waals surface area contributed by atoms with Crippen LogP contribution in [0.5, 0.6) is 0 Å². The third-order valence-corrected chi connectivity index (χ3v) is 6.36. The molecule has 0 spiro atoms. The third kappa shape index (κ3) is 5.39. The number of halogens is 5. The zero-order chi connectivity index (χ0) is 26.0. The summed E-state index contributed by atoms with van der Waals surface area (Å²) in [6, 6.07) is 8.97. The van der Waals surface area contributed by atoms with Crippen LogP contribution in [0.4, 0.5) is 22.0 Å². The van der Waals surface area contributed by atoms with E-state index in [1.807, 2.05) is 18.2 Å². The van der Waals surface area contributed by atoms with Crippen molar-refractivity contribution in [3.8, 4) is 0 Å². The minimum atomic E-state index is -4.44. The molecular weight excluding hydrogens is 485 g/mol. The first-order chi connectivity index (χ1) is 17.8. The third-order valence-electron chi connectivity index (χ3n) is 6.36. The number of alkyl halides is 3. The van der Waals surface area contributed by atoms with Crippen LogP contribution in [0.25, 0.3) is 5.57 Å². The molecule has 0 aromatic heterocycles. The SMILES string of the molecule is Fc1cccc(C2=NC3C=NC(C/C4=C/C=C(/c5ccccc5C(F)(F)F)CC=C=C4)CC=C3N2)c1F. The summed E-state index contributed by atoms with van der Waals surface area (Å²) in [4.78, 5) is 9.11. The average molecular weight is 508 g/mol. The lowest BCUT2D eigenvalue weighted by molar-refractivity contribution is -0.137. The van der Waals surface area contributed by atoms with Gasteiger partial charge in [-0.15, -0.1) is 5.73 Å². The lowest BCUT2D eigenvalue weighted by Crippen LogP contribution is -2.21. The molecule has 0 saturated carbocycles. The summed E-state index contributed by atoms with van der Waals surface area (Å²) in [5, 5.41) is 3.07. The summed E-state index contributed by atoms with van der Waals surface area (Å²) in [6.07, 6.45) is 7.73. The molecule has 2 aliphatic heterocycles. The summed E-state index contributed by atoms with van der Waals surface area (Å²) >= 11 is 0. The number of allylic oxidation sites excluding steroid dienone is 4. The molecule has 0 bridgehead atoms. The predicted octanol–water partition coefficient (Wildman–Crippen LogP) is 6.94. The van der Waals surface area contributed by atoms with Crippen molar-refractivity contribution in [1.29, 1.82) is 0 Å². The van der Waals surface area contributed by atoms with E-state index >= 15 is 0 Å². The van der Waals surface area contributed by atoms with Crippen LogP contribution >= 0.6 is 0 Å². The van der Waals surface area contributed by atoms with E-state index < -0.39 is 29.4 Å². The van der Waals surface area contributed by atoms with Gasteiger partial charge in [0, 0.05) is 11.9 Å². The second-order valence-electron chi connectivity index (χ2n) is 8.90. The maximum Gasteiger partial charge on any atom is 0.416 e. The quantitative estimate of drug-likeness (QED) is 0.353. The second kappa shape index (κ2) is 10.1. The molecule has 2 unspecified atom stereocenters. The summed E-state index contributed by atoms with van der Waals surface area (Å²) in [6.45, 7) is 0. The number of nitrogens with zero attached hydrogens (tertiary/aromatic N) is 2. The monoisotopic (exact) mass is 507 g/mol. The molecule has 1 N–H and O–H groups in total. The topological polar surface area (TPSA) is 36.8 Å². The van der Waals surface area contributed by atoms with Crippen LogP contribution in [0, 0.1) is 11.6 Å². The van der Waals surface area contributed by atoms with E-state index in [0.29, 0.717) is 24.8 Å². The average Bonchev–Trinajstić information content (AvgIpc) is 3.17. The molecule has 8 heteroatoms. The number of rotatable bonds is 4. The highest BCUT2D eigenvalue weighted by molar-refractivity contribution is 6.04. The predicted molar refractivity (Wildman–Crippen MR) is 134 cm³/mol. The van der Waals surface area contributed by atoms with Crippen molar-refractivity contribution in [2.75, 3.05) is 0 Å². The zero-order valence-electron chi connectivity index (χ0n) is 19.6. The van der Waals surface area contributed by atoms with Crippen LogP contribution in [0.3, 0.4) is 0 Å². The number of amidine groups is 1. The van der Waals surface area contributed by atoms with Crippen molar-refractivity contribution in [2.45, 2.75) is 37.5 Å². The first-order valence-corrected chi connectivity index (χ1v) is 11.8. The van der Waals surface area contributed by atoms with Gasteiger partial charge in [0.25, 0.3) is 0 Å². The van der Waals surface area contributed by atoms with Crippen LogP contribution in [-0.4, -0.2) is 24.1 Å². The number of aliphatic imine (C=N–C) groups is 2. The molecule has 0 amide bonds. The van der Waals surface area contributed by atoms with E-state index in [2.05, 4.69) is 21.0 Å². The maximum absolute atomic E-state index is 14.2. The summed E-state index contributed by atoms with van der Waals surface area (Å²) in [7, 11) is 0. The van der Waals surface area contributed by atoms with Crippen LogP contribution < -0.4 is 5.32 Å². The fraction of sp³-hybridized carbons (Fsp3) is 0.207. The maximum atomic E-state index is 14.2. The van der Waals surface area contributed by atoms with Gasteiger partial charge < -0.3 is 5.32 Å². The van der Waals surface area contributed by atoms with Crippen molar-refractivity contribution in [1.82, 2.24) is 5.32 Å². The van der Waals surface area contributed by atoms with Gasteiger partial charge in [-0.25, -0.2) is 8.78 Å². The molecule has 3 nitrogen and oxygen atoms in total. The Hall–Kier alpha value is -4.03. The molecule has 2 aromatic carbocycles. The summed E-state index contributed by atoms with van der Waals surface area (Å²) in [5.74, 6) is -1.64. The molecule has 2 heterocycles. The Kier molecular flexibility index (Phi) is 6.76. The first-order valence-electron chi connectivity index (χ1n) is 11.8. The summed E-state index contributed by atoms with van der Waals surface area (Å²) in [5.41, 5.74) is 4.81. The van der Waals surface area contributed by atoms with Gasteiger partial charge in [0.2, 0.25) is 0 Å². The molecule has 5 rings (SSSR count). The Morgan fingerprint density at radius 1 is 1.00 bits per heavy atom. The Balaban J connectivity index is 1.34. The van der Waals surface area contributed by atoms with Gasteiger partial charge in [0.1, 0.15) is 11.9 Å². The van der Waals surface area contributed by atoms with Crippen molar-refractivity contribution in [3.63, 3.8) is 0 Å². The van der Waals surface area contributed by atoms with Crippen LogP contribution in [0.15, 0.2) is 99.8 Å². The van der Waals surface area contributed by atoms with E-state index in [-0.39, 0.29) is 23.0 Å². The lowest BCUT2D eigenvalue weighted by Gasteiger charge is -2.15. The van der Waals surface area contributed by atoms with E-state index in [0.717, 1.165) is 23.4 Å². The van der Waals surface area contributed by atoms with Crippen molar-refractivity contribution < 1.29 is 22.0 Å². The Morgan fingerprint density at radius 3 is 2.65 bits per heavy atom. The second-order valence-corrected chi connectivity index (χ2v) is 8.90. The van der Waals surface area contributed by atoms with Crippen LogP contribution in [-0.2, 0) is 6.18 Å². The van der Waals surface area contributed by atoms with Crippen LogP contribution in [0.1, 0.15) is 36.0 Å². The lowest BCUT2D eigenvalue weighted by atomic mass is 9.94. The molecule has 0 fully saturated rings. The molecule has 2 atom stereocenters. The molecule has 0 saturated heterocycles. The Bertz CT molecular complexity index is 1440. The molecule has 0 radical (unpaired) electrons. The van der Waals surface area contributed by atoms with Gasteiger partial charge in [-0.1, -0.05) is 42.5 Å². The van der Waals surface area contributed by atoms with Gasteiger partial charge in [-0.3, -0.25) is 9.98 Å². The minimum absolute atomic E-state index is 0.0604. The van der Waals surface area contributed by atoms with E-state index in [9.17, 15) is 22.0 Å². The van der Waals surface area contributed by atoms with E-state index in [4.69, 9.17) is 0 Å². The molecular formula is C29H22F5N3. The number of hydrogen-bond donors (Lipinski definition) is 1. The largest absolute Gasteiger partial charge is 0.416 e. The molecule has 37 heavy (non-hydrogen) atoms. The van der Waals surface area contributed by atoms with Gasteiger partial charge in [0.05, 0.1) is 17.2 Å². The van der Waals surface area contributed by atoms with Gasteiger partial charge >= 0.3 is 6.18 Å². The number of fused-ring (bicyclic) bond motifs is 1. The van der Waals surface area contributed by atoms with Crippen LogP contribution in [0.2, 0.25) is 0 Å². The van der Waals surface area contributed by atoms with Crippen molar-refractivity contribution in [3.05, 3.63) is 118 Å². The molecule has 188 valence electrons. The molecule has 2 aromatic rings. The van der Waals surface area contributed by atoms with E-state index in [1.54, 1.807) is 24.4 Å². The first kappa shape index (κ1) is 24.7. The highest BCUT2D eigenvalue weighted by Gasteiger charge is 2.33. The van der Waals surface area contributed by atoms with Gasteiger partial charge in [-0.2, -0.15) is 13.2 Å². The fourth-order valence-electron chi connectivity index (χ4n) is 4.49. The van der Waals surface area contributed by atoms with Crippen molar-refractivity contribution >= 4 is 17.6 Å². The highest BCUT2D eigenvalue weighted by Crippen LogP contribution is 2.36. The normalized spacial score (nSPS) is 23.9. The van der Waals surface area contributed by atoms with Crippen molar-refractivity contribution in [2.24, 2.45) is 9.98 Å². The Labute approximate surface area is 210 Å². The van der Waals surface area contributed by atoms with Gasteiger partial charge in [-0.05, 0) is 66.3 Å². The summed E-state index contributed by atoms with van der Waals surface area (Å²) < 4.78 is 68.4. The highest BCUT2D eigenvalue weighted by atomic mass is 19.4. The number of hydrogen-bond acceptors (Lipinski definition) is 3. The van der Waals surface area contributed by atoms with E-state index in [1.165, 1.54) is 24.3 Å². The molecule has 3 aliphatic rings. The zero-order valence-corrected chi connectivity index (χ0v) is 19.6. The standard InChI is InChI=1S/C29H22F5N3/c30-24-11-5-9-22(27(24)31)28-36-25-15-14-20(35-17-26(25)37-28)16-18-6-1-2-7-19(13-12-18)21-8-3-4-10-23(21)29(32,33)34/h2-6,8-13,15,17,20,26H,7,14,16H2,(H,36,37)/b18-12+,19-13+. The smallest absolute Gasteiger partial charge is 0.341 e. The minimum Gasteiger partial charge on any atom is -0.341 e. The van der Waals surface area contributed by atoms with Gasteiger partial charge in [0.15, 0.2) is 11.6 Å². The number of benzene rings is 2.